The Morgan fingerprint density at radius 2 is 1.87 bits per heavy atom. The van der Waals surface area contributed by atoms with Gasteiger partial charge in [0.2, 0.25) is 6.79 Å². The fourth-order valence-electron chi connectivity index (χ4n) is 4.12. The van der Waals surface area contributed by atoms with E-state index in [1.54, 1.807) is 31.7 Å². The Bertz CT molecular complexity index is 1440. The number of methoxy groups -OCH3 is 2. The van der Waals surface area contributed by atoms with Gasteiger partial charge < -0.3 is 24.3 Å². The summed E-state index contributed by atoms with van der Waals surface area (Å²) in [5.74, 6) is 1.90. The summed E-state index contributed by atoms with van der Waals surface area (Å²) in [4.78, 5) is 19.4. The lowest BCUT2D eigenvalue weighted by molar-refractivity contribution is 0.102. The first-order chi connectivity index (χ1) is 18.5. The molecule has 2 heterocycles. The van der Waals surface area contributed by atoms with Crippen LogP contribution in [0.3, 0.4) is 0 Å². The van der Waals surface area contributed by atoms with Crippen LogP contribution in [-0.4, -0.2) is 36.8 Å². The zero-order valence-electron chi connectivity index (χ0n) is 20.9. The fraction of sp³-hybridized carbons (Fsp3) is 0.214. The minimum atomic E-state index is -0.500. The van der Waals surface area contributed by atoms with Crippen LogP contribution in [-0.2, 0) is 19.6 Å². The number of amides is 1. The van der Waals surface area contributed by atoms with E-state index in [4.69, 9.17) is 18.9 Å². The number of carbonyl (C=O) groups is 1. The van der Waals surface area contributed by atoms with Crippen molar-refractivity contribution in [1.82, 2.24) is 9.88 Å². The zero-order valence-corrected chi connectivity index (χ0v) is 21.7. The number of hydrogen-bond acceptors (Lipinski definition) is 8. The van der Waals surface area contributed by atoms with Gasteiger partial charge in [0, 0.05) is 30.1 Å². The smallest absolute Gasteiger partial charge is 0.275 e. The highest BCUT2D eigenvalue weighted by Gasteiger charge is 2.19. The summed E-state index contributed by atoms with van der Waals surface area (Å²) in [5, 5.41) is 5.01. The van der Waals surface area contributed by atoms with E-state index >= 15 is 0 Å². The molecule has 0 radical (unpaired) electrons. The molecule has 0 saturated carbocycles. The first kappa shape index (κ1) is 25.5. The van der Waals surface area contributed by atoms with E-state index in [9.17, 15) is 9.18 Å². The molecule has 1 aliphatic heterocycles. The average molecular weight is 536 g/mol. The molecule has 0 unspecified atom stereocenters. The van der Waals surface area contributed by atoms with E-state index < -0.39 is 11.7 Å². The molecular formula is C28H26FN3O5S. The zero-order chi connectivity index (χ0) is 26.5. The van der Waals surface area contributed by atoms with Crippen LogP contribution in [0.5, 0.6) is 23.0 Å². The van der Waals surface area contributed by atoms with Crippen LogP contribution in [0, 0.1) is 5.82 Å². The molecule has 4 aromatic rings. The van der Waals surface area contributed by atoms with Crippen LogP contribution in [0.25, 0.3) is 0 Å². The van der Waals surface area contributed by atoms with Crippen molar-refractivity contribution in [3.05, 3.63) is 93.7 Å². The maximum atomic E-state index is 14.0. The molecule has 0 saturated heterocycles. The van der Waals surface area contributed by atoms with Gasteiger partial charge in [-0.05, 0) is 35.9 Å². The first-order valence-corrected chi connectivity index (χ1v) is 12.7. The minimum absolute atomic E-state index is 0.114. The van der Waals surface area contributed by atoms with Crippen LogP contribution in [0.15, 0.2) is 66.0 Å². The summed E-state index contributed by atoms with van der Waals surface area (Å²) in [7, 11) is 3.24. The van der Waals surface area contributed by atoms with Crippen molar-refractivity contribution >= 4 is 22.9 Å². The second-order valence-corrected chi connectivity index (χ2v) is 9.51. The van der Waals surface area contributed by atoms with Crippen molar-refractivity contribution in [3.63, 3.8) is 0 Å². The number of halogens is 1. The van der Waals surface area contributed by atoms with E-state index in [0.29, 0.717) is 36.9 Å². The molecule has 3 aromatic carbocycles. The second kappa shape index (κ2) is 11.5. The Morgan fingerprint density at radius 3 is 2.68 bits per heavy atom. The van der Waals surface area contributed by atoms with E-state index in [2.05, 4.69) is 15.2 Å². The molecule has 0 atom stereocenters. The Kier molecular flexibility index (Phi) is 7.71. The van der Waals surface area contributed by atoms with Gasteiger partial charge in [-0.25, -0.2) is 9.37 Å². The SMILES string of the molecule is COc1ccc(CN(Cc2ccc3c(c2)OCO3)Cc2nc(C(=O)Nc3ccccc3F)cs2)c(OC)c1. The summed E-state index contributed by atoms with van der Waals surface area (Å²) in [6.07, 6.45) is 0. The molecule has 0 spiro atoms. The molecule has 1 aromatic heterocycles. The summed E-state index contributed by atoms with van der Waals surface area (Å²) in [6, 6.07) is 17.6. The van der Waals surface area contributed by atoms with Gasteiger partial charge in [-0.15, -0.1) is 11.3 Å². The fourth-order valence-corrected chi connectivity index (χ4v) is 4.93. The summed E-state index contributed by atoms with van der Waals surface area (Å²) in [5.41, 5.74) is 2.36. The molecule has 8 nitrogen and oxygen atoms in total. The van der Waals surface area contributed by atoms with Crippen LogP contribution >= 0.6 is 11.3 Å². The predicted molar refractivity (Wildman–Crippen MR) is 142 cm³/mol. The highest BCUT2D eigenvalue weighted by molar-refractivity contribution is 7.09. The third-order valence-corrected chi connectivity index (χ3v) is 6.83. The number of anilines is 1. The van der Waals surface area contributed by atoms with Crippen molar-refractivity contribution in [2.24, 2.45) is 0 Å². The van der Waals surface area contributed by atoms with Gasteiger partial charge in [0.15, 0.2) is 11.5 Å². The molecule has 0 fully saturated rings. The van der Waals surface area contributed by atoms with Crippen LogP contribution in [0.2, 0.25) is 0 Å². The standard InChI is InChI=1S/C28H26FN3O5S/c1-34-20-9-8-19(25(12-20)35-2)14-32(13-18-7-10-24-26(11-18)37-17-36-24)15-27-30-23(16-38-27)28(33)31-22-6-4-3-5-21(22)29/h3-12,16H,13-15,17H2,1-2H3,(H,31,33). The van der Waals surface area contributed by atoms with Gasteiger partial charge in [0.05, 0.1) is 26.5 Å². The Morgan fingerprint density at radius 1 is 1.03 bits per heavy atom. The largest absolute Gasteiger partial charge is 0.497 e. The molecule has 0 bridgehead atoms. The number of benzene rings is 3. The van der Waals surface area contributed by atoms with E-state index in [1.165, 1.54) is 23.5 Å². The van der Waals surface area contributed by atoms with Crippen molar-refractivity contribution < 1.29 is 28.1 Å². The number of hydrogen-bond donors (Lipinski definition) is 1. The average Bonchev–Trinajstić information content (AvgIpc) is 3.59. The summed E-state index contributed by atoms with van der Waals surface area (Å²) >= 11 is 1.37. The number of para-hydroxylation sites is 1. The number of aromatic nitrogens is 1. The molecule has 1 amide bonds. The number of nitrogens with one attached hydrogen (secondary N) is 1. The van der Waals surface area contributed by atoms with E-state index in [1.807, 2.05) is 36.4 Å². The lowest BCUT2D eigenvalue weighted by Crippen LogP contribution is -2.23. The van der Waals surface area contributed by atoms with Gasteiger partial charge in [-0.3, -0.25) is 9.69 Å². The molecule has 196 valence electrons. The topological polar surface area (TPSA) is 82.2 Å². The van der Waals surface area contributed by atoms with Crippen molar-refractivity contribution in [1.29, 1.82) is 0 Å². The molecule has 1 N–H and O–H groups in total. The van der Waals surface area contributed by atoms with Crippen molar-refractivity contribution in [2.75, 3.05) is 26.3 Å². The van der Waals surface area contributed by atoms with Gasteiger partial charge in [0.25, 0.3) is 5.91 Å². The molecule has 1 aliphatic rings. The van der Waals surface area contributed by atoms with Crippen molar-refractivity contribution in [3.8, 4) is 23.0 Å². The Labute approximate surface area is 223 Å². The van der Waals surface area contributed by atoms with Gasteiger partial charge >= 0.3 is 0 Å². The predicted octanol–water partition coefficient (Wildman–Crippen LogP) is 5.48. The van der Waals surface area contributed by atoms with Gasteiger partial charge in [0.1, 0.15) is 28.0 Å². The maximum absolute atomic E-state index is 14.0. The highest BCUT2D eigenvalue weighted by atomic mass is 32.1. The van der Waals surface area contributed by atoms with Crippen LogP contribution in [0.1, 0.15) is 26.6 Å². The number of carbonyl (C=O) groups excluding carboxylic acids is 1. The van der Waals surface area contributed by atoms with E-state index in [0.717, 1.165) is 21.9 Å². The lowest BCUT2D eigenvalue weighted by Gasteiger charge is -2.23. The van der Waals surface area contributed by atoms with Crippen LogP contribution in [0.4, 0.5) is 10.1 Å². The number of thiazole rings is 1. The number of ether oxygens (including phenoxy) is 4. The monoisotopic (exact) mass is 535 g/mol. The third kappa shape index (κ3) is 5.87. The normalized spacial score (nSPS) is 12.0. The first-order valence-electron chi connectivity index (χ1n) is 11.8. The number of nitrogens with zero attached hydrogens (tertiary/aromatic N) is 2. The highest BCUT2D eigenvalue weighted by Crippen LogP contribution is 2.33. The summed E-state index contributed by atoms with van der Waals surface area (Å²) < 4.78 is 35.9. The lowest BCUT2D eigenvalue weighted by atomic mass is 10.1. The van der Waals surface area contributed by atoms with E-state index in [-0.39, 0.29) is 18.2 Å². The summed E-state index contributed by atoms with van der Waals surface area (Å²) in [6.45, 7) is 1.82. The molecule has 38 heavy (non-hydrogen) atoms. The third-order valence-electron chi connectivity index (χ3n) is 6.00. The second-order valence-electron chi connectivity index (χ2n) is 8.57. The molecule has 5 rings (SSSR count). The molecule has 0 aliphatic carbocycles. The quantitative estimate of drug-likeness (QED) is 0.288. The minimum Gasteiger partial charge on any atom is -0.497 e. The molecular weight excluding hydrogens is 509 g/mol. The number of rotatable bonds is 10. The van der Waals surface area contributed by atoms with Gasteiger partial charge in [-0.1, -0.05) is 24.3 Å². The Hall–Kier alpha value is -4.15. The number of fused-ring (bicyclic) bond motifs is 1. The van der Waals surface area contributed by atoms with Crippen molar-refractivity contribution in [2.45, 2.75) is 19.6 Å². The Balaban J connectivity index is 1.36. The van der Waals surface area contributed by atoms with Gasteiger partial charge in [-0.2, -0.15) is 0 Å². The van der Waals surface area contributed by atoms with Crippen LogP contribution < -0.4 is 24.3 Å². The molecule has 10 heteroatoms. The maximum Gasteiger partial charge on any atom is 0.275 e.